The zero-order valence-corrected chi connectivity index (χ0v) is 21.6. The zero-order valence-electron chi connectivity index (χ0n) is 17.7. The van der Waals surface area contributed by atoms with Gasteiger partial charge in [0.15, 0.2) is 5.78 Å². The van der Waals surface area contributed by atoms with E-state index in [2.05, 4.69) is 21.2 Å². The van der Waals surface area contributed by atoms with Crippen molar-refractivity contribution in [2.24, 2.45) is 0 Å². The van der Waals surface area contributed by atoms with Crippen LogP contribution in [-0.4, -0.2) is 37.0 Å². The van der Waals surface area contributed by atoms with E-state index in [-0.39, 0.29) is 28.5 Å². The Morgan fingerprint density at radius 1 is 0.971 bits per heavy atom. The number of carbonyl (C=O) groups is 2. The number of carbonyl (C=O) groups excluding carboxylic acids is 2. The number of sulfonamides is 1. The predicted octanol–water partition coefficient (Wildman–Crippen LogP) is 5.78. The van der Waals surface area contributed by atoms with Crippen LogP contribution >= 0.6 is 39.1 Å². The summed E-state index contributed by atoms with van der Waals surface area (Å²) in [6.45, 7) is 0.217. The van der Waals surface area contributed by atoms with E-state index in [9.17, 15) is 18.0 Å². The van der Waals surface area contributed by atoms with Crippen molar-refractivity contribution in [3.05, 3.63) is 92.4 Å². The summed E-state index contributed by atoms with van der Waals surface area (Å²) in [7, 11) is -3.90. The highest BCUT2D eigenvalue weighted by atomic mass is 79.9. The molecule has 6 nitrogen and oxygen atoms in total. The molecule has 0 bridgehead atoms. The number of amides is 1. The van der Waals surface area contributed by atoms with Crippen LogP contribution in [0.1, 0.15) is 28.8 Å². The number of benzene rings is 3. The lowest BCUT2D eigenvalue weighted by Crippen LogP contribution is -2.43. The molecule has 0 radical (unpaired) electrons. The third kappa shape index (κ3) is 5.06. The standard InChI is InChI=1S/C24H19BrCl2N2O4S/c25-15-7-12-21(19(14-15)23(30)18-4-1-2-5-20(18)27)28-24(31)22-6-3-13-29(22)34(32,33)17-10-8-16(26)9-11-17/h1-2,4-5,7-12,14,22H,3,6,13H2,(H,28,31). The molecule has 176 valence electrons. The monoisotopic (exact) mass is 580 g/mol. The Balaban J connectivity index is 1.62. The minimum Gasteiger partial charge on any atom is -0.324 e. The second-order valence-corrected chi connectivity index (χ2v) is 11.4. The van der Waals surface area contributed by atoms with Gasteiger partial charge in [0.05, 0.1) is 15.6 Å². The maximum absolute atomic E-state index is 13.2. The van der Waals surface area contributed by atoms with E-state index in [0.29, 0.717) is 32.9 Å². The molecule has 1 saturated heterocycles. The van der Waals surface area contributed by atoms with Gasteiger partial charge in [-0.1, -0.05) is 51.3 Å². The van der Waals surface area contributed by atoms with Crippen LogP contribution in [0.25, 0.3) is 0 Å². The molecule has 1 N–H and O–H groups in total. The zero-order chi connectivity index (χ0) is 24.5. The van der Waals surface area contributed by atoms with Gasteiger partial charge in [-0.3, -0.25) is 9.59 Å². The molecule has 34 heavy (non-hydrogen) atoms. The molecule has 4 rings (SSSR count). The van der Waals surface area contributed by atoms with Gasteiger partial charge in [-0.25, -0.2) is 8.42 Å². The minimum absolute atomic E-state index is 0.0647. The largest absolute Gasteiger partial charge is 0.324 e. The van der Waals surface area contributed by atoms with E-state index in [1.54, 1.807) is 42.5 Å². The lowest BCUT2D eigenvalue weighted by molar-refractivity contribution is -0.119. The first-order valence-electron chi connectivity index (χ1n) is 10.4. The van der Waals surface area contributed by atoms with E-state index in [1.807, 2.05) is 0 Å². The van der Waals surface area contributed by atoms with Crippen molar-refractivity contribution < 1.29 is 18.0 Å². The molecule has 1 fully saturated rings. The average Bonchev–Trinajstić information content (AvgIpc) is 3.32. The number of anilines is 1. The Hall–Kier alpha value is -2.23. The van der Waals surface area contributed by atoms with E-state index >= 15 is 0 Å². The van der Waals surface area contributed by atoms with Crippen LogP contribution in [0.2, 0.25) is 10.0 Å². The number of hydrogen-bond donors (Lipinski definition) is 1. The van der Waals surface area contributed by atoms with Gasteiger partial charge in [-0.2, -0.15) is 4.31 Å². The summed E-state index contributed by atoms with van der Waals surface area (Å²) in [6.07, 6.45) is 0.902. The van der Waals surface area contributed by atoms with Crippen molar-refractivity contribution >= 4 is 66.5 Å². The number of halogens is 3. The van der Waals surface area contributed by atoms with Crippen LogP contribution in [0, 0.1) is 0 Å². The fourth-order valence-corrected chi connectivity index (χ4v) is 6.22. The Kier molecular flexibility index (Phi) is 7.45. The third-order valence-corrected chi connectivity index (χ3v) is 8.53. The highest BCUT2D eigenvalue weighted by molar-refractivity contribution is 9.10. The van der Waals surface area contributed by atoms with Gasteiger partial charge in [0.2, 0.25) is 15.9 Å². The van der Waals surface area contributed by atoms with Crippen molar-refractivity contribution in [1.82, 2.24) is 4.31 Å². The number of ketones is 1. The summed E-state index contributed by atoms with van der Waals surface area (Å²) in [5.41, 5.74) is 0.806. The molecular weight excluding hydrogens is 563 g/mol. The van der Waals surface area contributed by atoms with Crippen molar-refractivity contribution in [2.45, 2.75) is 23.8 Å². The normalized spacial score (nSPS) is 16.4. The smallest absolute Gasteiger partial charge is 0.243 e. The van der Waals surface area contributed by atoms with E-state index in [0.717, 1.165) is 0 Å². The third-order valence-electron chi connectivity index (χ3n) is 5.53. The second-order valence-electron chi connectivity index (χ2n) is 7.72. The molecular formula is C24H19BrCl2N2O4S. The first-order chi connectivity index (χ1) is 16.2. The molecule has 0 saturated carbocycles. The minimum atomic E-state index is -3.90. The Bertz CT molecular complexity index is 1360. The SMILES string of the molecule is O=C(c1ccccc1Cl)c1cc(Br)ccc1NC(=O)C1CCCN1S(=O)(=O)c1ccc(Cl)cc1. The summed E-state index contributed by atoms with van der Waals surface area (Å²) >= 11 is 15.5. The molecule has 0 spiro atoms. The van der Waals surface area contributed by atoms with Gasteiger partial charge in [-0.05, 0) is 67.4 Å². The van der Waals surface area contributed by atoms with Crippen LogP contribution in [0.15, 0.2) is 76.1 Å². The molecule has 10 heteroatoms. The lowest BCUT2D eigenvalue weighted by Gasteiger charge is -2.24. The van der Waals surface area contributed by atoms with Gasteiger partial charge in [0.25, 0.3) is 0 Å². The molecule has 1 aliphatic heterocycles. The highest BCUT2D eigenvalue weighted by Crippen LogP contribution is 2.30. The molecule has 3 aromatic carbocycles. The van der Waals surface area contributed by atoms with Gasteiger partial charge >= 0.3 is 0 Å². The van der Waals surface area contributed by atoms with Crippen LogP contribution in [0.5, 0.6) is 0 Å². The van der Waals surface area contributed by atoms with Crippen molar-refractivity contribution in [3.8, 4) is 0 Å². The molecule has 1 aliphatic rings. The van der Waals surface area contributed by atoms with Crippen LogP contribution in [-0.2, 0) is 14.8 Å². The van der Waals surface area contributed by atoms with Crippen molar-refractivity contribution in [2.75, 3.05) is 11.9 Å². The van der Waals surface area contributed by atoms with Crippen LogP contribution < -0.4 is 5.32 Å². The average molecular weight is 582 g/mol. The van der Waals surface area contributed by atoms with E-state index in [4.69, 9.17) is 23.2 Å². The van der Waals surface area contributed by atoms with Crippen LogP contribution in [0.3, 0.4) is 0 Å². The molecule has 1 heterocycles. The first-order valence-corrected chi connectivity index (χ1v) is 13.3. The van der Waals surface area contributed by atoms with Crippen molar-refractivity contribution in [1.29, 1.82) is 0 Å². The maximum Gasteiger partial charge on any atom is 0.243 e. The number of nitrogens with zero attached hydrogens (tertiary/aromatic N) is 1. The van der Waals surface area contributed by atoms with Gasteiger partial charge in [0, 0.05) is 27.2 Å². The number of hydrogen-bond acceptors (Lipinski definition) is 4. The quantitative estimate of drug-likeness (QED) is 0.374. The highest BCUT2D eigenvalue weighted by Gasteiger charge is 2.39. The molecule has 1 atom stereocenters. The molecule has 3 aromatic rings. The summed E-state index contributed by atoms with van der Waals surface area (Å²) < 4.78 is 28.2. The fraction of sp³-hybridized carbons (Fsp3) is 0.167. The summed E-state index contributed by atoms with van der Waals surface area (Å²) in [4.78, 5) is 26.5. The second kappa shape index (κ2) is 10.2. The molecule has 1 amide bonds. The molecule has 0 aliphatic carbocycles. The predicted molar refractivity (Wildman–Crippen MR) is 136 cm³/mol. The van der Waals surface area contributed by atoms with Crippen molar-refractivity contribution in [3.63, 3.8) is 0 Å². The lowest BCUT2D eigenvalue weighted by atomic mass is 10.0. The van der Waals surface area contributed by atoms with E-state index in [1.165, 1.54) is 28.6 Å². The summed E-state index contributed by atoms with van der Waals surface area (Å²) in [5, 5.41) is 3.47. The van der Waals surface area contributed by atoms with Gasteiger partial charge in [-0.15, -0.1) is 0 Å². The molecule has 0 aromatic heterocycles. The topological polar surface area (TPSA) is 83.6 Å². The fourth-order valence-electron chi connectivity index (χ4n) is 3.85. The summed E-state index contributed by atoms with van der Waals surface area (Å²) in [6, 6.07) is 16.4. The number of nitrogens with one attached hydrogen (secondary N) is 1. The van der Waals surface area contributed by atoms with Gasteiger partial charge in [0.1, 0.15) is 6.04 Å². The Labute approximate surface area is 216 Å². The van der Waals surface area contributed by atoms with E-state index < -0.39 is 22.0 Å². The summed E-state index contributed by atoms with van der Waals surface area (Å²) in [5.74, 6) is -0.871. The molecule has 1 unspecified atom stereocenters. The van der Waals surface area contributed by atoms with Gasteiger partial charge < -0.3 is 5.32 Å². The Morgan fingerprint density at radius 3 is 2.38 bits per heavy atom. The first kappa shape index (κ1) is 24.9. The Morgan fingerprint density at radius 2 is 1.68 bits per heavy atom. The van der Waals surface area contributed by atoms with Crippen LogP contribution in [0.4, 0.5) is 5.69 Å². The maximum atomic E-state index is 13.2. The number of rotatable bonds is 6.